The molecule has 24 valence electrons. The third-order valence-corrected chi connectivity index (χ3v) is 0. The summed E-state index contributed by atoms with van der Waals surface area (Å²) in [4.78, 5) is 0. The van der Waals surface area contributed by atoms with Crippen molar-refractivity contribution in [3.05, 3.63) is 0 Å². The van der Waals surface area contributed by atoms with Gasteiger partial charge in [-0.15, -0.1) is 0 Å². The molecule has 0 aromatic carbocycles. The quantitative estimate of drug-likeness (QED) is 0.287. The normalized spacial score (nSPS) is 0. The van der Waals surface area contributed by atoms with Gasteiger partial charge in [0.15, 0.2) is 0 Å². The summed E-state index contributed by atoms with van der Waals surface area (Å²) in [7, 11) is 0. The van der Waals surface area contributed by atoms with Crippen LogP contribution in [0.15, 0.2) is 0 Å². The second-order valence-electron chi connectivity index (χ2n) is 0. The molecule has 0 atom stereocenters. The molecule has 0 aromatic heterocycles. The van der Waals surface area contributed by atoms with E-state index >= 15 is 0 Å². The standard InChI is InChI=1S/ClH2.2ClH.Na/h1H2;2*1H;/q+1;;;+1/p-2. The second kappa shape index (κ2) is 20.9. The third kappa shape index (κ3) is 9.12. The summed E-state index contributed by atoms with van der Waals surface area (Å²) in [6, 6.07) is 0. The van der Waals surface area contributed by atoms with Crippen LogP contribution in [0, 0.1) is 12.4 Å². The minimum Gasteiger partial charge on any atom is -1.00 e. The Hall–Kier alpha value is 1.87. The molecule has 4 heteroatoms. The van der Waals surface area contributed by atoms with Crippen molar-refractivity contribution < 1.29 is 66.8 Å². The summed E-state index contributed by atoms with van der Waals surface area (Å²) < 4.78 is 0. The summed E-state index contributed by atoms with van der Waals surface area (Å²) in [5.41, 5.74) is 0. The van der Waals surface area contributed by atoms with Crippen molar-refractivity contribution >= 4 is 0 Å². The first-order chi connectivity index (χ1) is 0. The van der Waals surface area contributed by atoms with Crippen molar-refractivity contribution in [2.24, 2.45) is 0 Å². The van der Waals surface area contributed by atoms with Gasteiger partial charge in [0.2, 0.25) is 0 Å². The maximum atomic E-state index is 0. The topological polar surface area (TPSA) is 0 Å². The molecular formula is H2Cl3Na. The Kier molecular flexibility index (Phi) is 208. The average Bonchev–Trinajstić information content (AvgIpc) is 0. The first-order valence-electron chi connectivity index (χ1n) is 0. The van der Waals surface area contributed by atoms with E-state index < -0.39 is 0 Å². The molecular weight excluding hydrogens is 129 g/mol. The summed E-state index contributed by atoms with van der Waals surface area (Å²) >= 11 is 0. The predicted molar refractivity (Wildman–Crippen MR) is 2.79 cm³/mol. The summed E-state index contributed by atoms with van der Waals surface area (Å²) in [5, 5.41) is 0. The molecule has 0 aliphatic heterocycles. The molecule has 0 aliphatic rings. The Morgan fingerprint density at radius 3 is 0.750 bits per heavy atom. The fourth-order valence-electron chi connectivity index (χ4n) is 0. The number of hydrogen-bond acceptors (Lipinski definition) is 0. The summed E-state index contributed by atoms with van der Waals surface area (Å²) in [6.07, 6.45) is 0. The van der Waals surface area contributed by atoms with Crippen LogP contribution in [0.4, 0.5) is 0 Å². The second-order valence-corrected chi connectivity index (χ2v) is 0. The van der Waals surface area contributed by atoms with Crippen LogP contribution in [0.5, 0.6) is 0 Å². The first kappa shape index (κ1) is 39.8. The van der Waals surface area contributed by atoms with Crippen LogP contribution in [0.1, 0.15) is 0 Å². The van der Waals surface area contributed by atoms with Crippen LogP contribution in [0.25, 0.3) is 0 Å². The van der Waals surface area contributed by atoms with E-state index in [-0.39, 0.29) is 66.8 Å². The summed E-state index contributed by atoms with van der Waals surface area (Å²) in [5.74, 6) is 0. The van der Waals surface area contributed by atoms with Crippen molar-refractivity contribution in [1.82, 2.24) is 0 Å². The van der Waals surface area contributed by atoms with Gasteiger partial charge in [-0.05, 0) is 0 Å². The maximum absolute atomic E-state index is 0. The van der Waals surface area contributed by atoms with Crippen LogP contribution >= 0.6 is 0 Å². The molecule has 0 radical (unpaired) electrons. The predicted octanol–water partition coefficient (Wildman–Crippen LogP) is -9.52. The Labute approximate surface area is 66.2 Å². The van der Waals surface area contributed by atoms with Crippen LogP contribution < -0.4 is 54.4 Å². The van der Waals surface area contributed by atoms with Gasteiger partial charge in [0.25, 0.3) is 0 Å². The van der Waals surface area contributed by atoms with E-state index in [1.165, 1.54) is 0 Å². The third-order valence-electron chi connectivity index (χ3n) is 0. The fraction of sp³-hybridized carbons (Fsp3) is 0. The molecule has 0 unspecified atom stereocenters. The summed E-state index contributed by atoms with van der Waals surface area (Å²) in [6.45, 7) is 0. The zero-order valence-corrected chi connectivity index (χ0v) is 6.61. The van der Waals surface area contributed by atoms with Crippen molar-refractivity contribution in [3.63, 3.8) is 0 Å². The Balaban J connectivity index is 0. The minimum atomic E-state index is 0. The average molecular weight is 131 g/mol. The van der Waals surface area contributed by atoms with E-state index in [2.05, 4.69) is 0 Å². The van der Waals surface area contributed by atoms with Gasteiger partial charge in [-0.3, -0.25) is 0 Å². The molecule has 0 N–H and O–H groups in total. The largest absolute Gasteiger partial charge is 1.00 e. The first-order valence-corrected chi connectivity index (χ1v) is 0. The Bertz CT molecular complexity index is 3.25. The van der Waals surface area contributed by atoms with E-state index in [0.29, 0.717) is 0 Å². The molecule has 4 heavy (non-hydrogen) atoms. The van der Waals surface area contributed by atoms with Gasteiger partial charge < -0.3 is 24.8 Å². The molecule has 0 saturated heterocycles. The van der Waals surface area contributed by atoms with E-state index in [1.54, 1.807) is 0 Å². The molecule has 0 amide bonds. The number of rotatable bonds is 0. The fourth-order valence-corrected chi connectivity index (χ4v) is 0. The molecule has 0 bridgehead atoms. The van der Waals surface area contributed by atoms with Gasteiger partial charge in [0.1, 0.15) is 0 Å². The molecule has 0 aromatic rings. The Morgan fingerprint density at radius 1 is 0.750 bits per heavy atom. The van der Waals surface area contributed by atoms with Gasteiger partial charge in [-0.25, -0.2) is 0 Å². The van der Waals surface area contributed by atoms with Crippen LogP contribution in [-0.4, -0.2) is 0 Å². The molecule has 0 rings (SSSR count). The smallest absolute Gasteiger partial charge is 1.00 e. The van der Waals surface area contributed by atoms with Crippen molar-refractivity contribution in [2.45, 2.75) is 0 Å². The molecule has 0 nitrogen and oxygen atoms in total. The SMILES string of the molecule is [Cl-].[Cl-].[ClH2+].[Na+]. The number of hydrogen-bond donors (Lipinski definition) is 0. The molecule has 0 saturated carbocycles. The van der Waals surface area contributed by atoms with E-state index in [0.717, 1.165) is 0 Å². The van der Waals surface area contributed by atoms with Gasteiger partial charge in [-0.1, -0.05) is 0 Å². The monoisotopic (exact) mass is 130 g/mol. The van der Waals surface area contributed by atoms with Gasteiger partial charge in [0, 0.05) is 0 Å². The van der Waals surface area contributed by atoms with Crippen molar-refractivity contribution in [2.75, 3.05) is 0 Å². The zero-order chi connectivity index (χ0) is 0. The van der Waals surface area contributed by atoms with Gasteiger partial charge >= 0.3 is 29.6 Å². The van der Waals surface area contributed by atoms with E-state index in [4.69, 9.17) is 0 Å². The Morgan fingerprint density at radius 2 is 0.750 bits per heavy atom. The van der Waals surface area contributed by atoms with Crippen LogP contribution in [0.2, 0.25) is 0 Å². The van der Waals surface area contributed by atoms with E-state index in [9.17, 15) is 0 Å². The maximum Gasteiger partial charge on any atom is 1.00 e. The molecule has 0 spiro atoms. The molecule has 0 aliphatic carbocycles. The molecule has 0 heterocycles. The van der Waals surface area contributed by atoms with E-state index in [1.807, 2.05) is 0 Å². The van der Waals surface area contributed by atoms with Crippen molar-refractivity contribution in [3.8, 4) is 0 Å². The zero-order valence-electron chi connectivity index (χ0n) is 2.20. The molecule has 0 fully saturated rings. The van der Waals surface area contributed by atoms with Crippen molar-refractivity contribution in [1.29, 1.82) is 0 Å². The van der Waals surface area contributed by atoms with Crippen LogP contribution in [0.3, 0.4) is 0 Å². The van der Waals surface area contributed by atoms with Crippen LogP contribution in [-0.2, 0) is 0 Å². The number of halogens is 3. The minimum absolute atomic E-state index is 0. The van der Waals surface area contributed by atoms with Gasteiger partial charge in [0.05, 0.1) is 12.4 Å². The van der Waals surface area contributed by atoms with Gasteiger partial charge in [-0.2, -0.15) is 0 Å².